The van der Waals surface area contributed by atoms with Gasteiger partial charge in [0.15, 0.2) is 0 Å². The van der Waals surface area contributed by atoms with Crippen LogP contribution in [-0.4, -0.2) is 22.7 Å². The van der Waals surface area contributed by atoms with Crippen LogP contribution in [0.5, 0.6) is 0 Å². The number of benzene rings is 1. The number of nitrogens with zero attached hydrogens (tertiary/aromatic N) is 2. The predicted molar refractivity (Wildman–Crippen MR) is 86.4 cm³/mol. The van der Waals surface area contributed by atoms with Gasteiger partial charge in [0.2, 0.25) is 10.0 Å². The third-order valence-corrected chi connectivity index (χ3v) is 6.80. The molecule has 0 radical (unpaired) electrons. The van der Waals surface area contributed by atoms with E-state index < -0.39 is 14.8 Å². The zero-order valence-electron chi connectivity index (χ0n) is 13.1. The fourth-order valence-corrected chi connectivity index (χ4v) is 3.99. The van der Waals surface area contributed by atoms with Crippen LogP contribution in [-0.2, 0) is 10.0 Å². The number of hydrogen-bond acceptors (Lipinski definition) is 3. The second-order valence-corrected chi connectivity index (χ2v) is 8.46. The van der Waals surface area contributed by atoms with Crippen LogP contribution in [0.3, 0.4) is 0 Å². The number of sulfonamides is 1. The summed E-state index contributed by atoms with van der Waals surface area (Å²) in [5.74, 6) is 0.920. The zero-order valence-corrected chi connectivity index (χ0v) is 13.9. The summed E-state index contributed by atoms with van der Waals surface area (Å²) < 4.78 is 28.8. The molecule has 1 aliphatic rings. The van der Waals surface area contributed by atoms with E-state index in [-0.39, 0.29) is 6.04 Å². The molecule has 0 saturated heterocycles. The van der Waals surface area contributed by atoms with E-state index in [1.807, 2.05) is 48.9 Å². The molecule has 0 spiro atoms. The molecule has 1 aromatic heterocycles. The van der Waals surface area contributed by atoms with Gasteiger partial charge in [-0.1, -0.05) is 12.1 Å². The highest BCUT2D eigenvalue weighted by Gasteiger charge is 2.50. The Kier molecular flexibility index (Phi) is 3.61. The van der Waals surface area contributed by atoms with Crippen LogP contribution in [0, 0.1) is 6.92 Å². The molecule has 1 aromatic carbocycles. The Morgan fingerprint density at radius 1 is 1.27 bits per heavy atom. The molecule has 1 fully saturated rings. The topological polar surface area (TPSA) is 64.0 Å². The van der Waals surface area contributed by atoms with Crippen LogP contribution in [0.2, 0.25) is 0 Å². The lowest BCUT2D eigenvalue weighted by Crippen LogP contribution is -2.35. The van der Waals surface area contributed by atoms with Gasteiger partial charge in [0.25, 0.3) is 0 Å². The van der Waals surface area contributed by atoms with Gasteiger partial charge in [0.1, 0.15) is 5.82 Å². The SMILES string of the molecule is Cc1nccn1-c1ccc(C(C)NS(=O)(=O)C2(C)CC2)cc1. The molecule has 1 atom stereocenters. The highest BCUT2D eigenvalue weighted by Crippen LogP contribution is 2.42. The molecule has 1 heterocycles. The molecule has 118 valence electrons. The Balaban J connectivity index is 1.77. The van der Waals surface area contributed by atoms with Crippen molar-refractivity contribution in [1.82, 2.24) is 14.3 Å². The van der Waals surface area contributed by atoms with Crippen molar-refractivity contribution in [3.05, 3.63) is 48.0 Å². The summed E-state index contributed by atoms with van der Waals surface area (Å²) in [4.78, 5) is 4.20. The molecule has 2 aromatic rings. The lowest BCUT2D eigenvalue weighted by atomic mass is 10.1. The standard InChI is InChI=1S/C16H21N3O2S/c1-12(18-22(20,21)16(3)8-9-16)14-4-6-15(7-5-14)19-11-10-17-13(19)2/h4-7,10-12,18H,8-9H2,1-3H3. The average Bonchev–Trinajstić information content (AvgIpc) is 3.09. The van der Waals surface area contributed by atoms with E-state index in [4.69, 9.17) is 0 Å². The van der Waals surface area contributed by atoms with E-state index in [2.05, 4.69) is 9.71 Å². The molecule has 0 amide bonds. The summed E-state index contributed by atoms with van der Waals surface area (Å²) >= 11 is 0. The first-order valence-electron chi connectivity index (χ1n) is 7.45. The van der Waals surface area contributed by atoms with Gasteiger partial charge in [0, 0.05) is 24.1 Å². The Labute approximate surface area is 131 Å². The van der Waals surface area contributed by atoms with E-state index >= 15 is 0 Å². The quantitative estimate of drug-likeness (QED) is 0.921. The van der Waals surface area contributed by atoms with Gasteiger partial charge in [-0.15, -0.1) is 0 Å². The van der Waals surface area contributed by atoms with E-state index in [0.29, 0.717) is 0 Å². The molecular formula is C16H21N3O2S. The highest BCUT2D eigenvalue weighted by atomic mass is 32.2. The average molecular weight is 319 g/mol. The lowest BCUT2D eigenvalue weighted by Gasteiger charge is -2.18. The van der Waals surface area contributed by atoms with Crippen molar-refractivity contribution >= 4 is 10.0 Å². The smallest absolute Gasteiger partial charge is 0.217 e. The van der Waals surface area contributed by atoms with Gasteiger partial charge < -0.3 is 4.57 Å². The maximum atomic E-state index is 12.3. The van der Waals surface area contributed by atoms with Crippen LogP contribution in [0.1, 0.15) is 44.1 Å². The minimum absolute atomic E-state index is 0.236. The Bertz CT molecular complexity index is 774. The monoisotopic (exact) mass is 319 g/mol. The number of aromatic nitrogens is 2. The number of aryl methyl sites for hydroxylation is 1. The first kappa shape index (κ1) is 15.2. The molecule has 1 unspecified atom stereocenters. The number of nitrogens with one attached hydrogen (secondary N) is 1. The summed E-state index contributed by atoms with van der Waals surface area (Å²) in [6.45, 7) is 5.62. The zero-order chi connectivity index (χ0) is 16.0. The number of rotatable bonds is 5. The van der Waals surface area contributed by atoms with E-state index in [1.165, 1.54) is 0 Å². The minimum Gasteiger partial charge on any atom is -0.304 e. The minimum atomic E-state index is -3.26. The van der Waals surface area contributed by atoms with Crippen LogP contribution in [0.4, 0.5) is 0 Å². The maximum absolute atomic E-state index is 12.3. The van der Waals surface area contributed by atoms with E-state index in [1.54, 1.807) is 13.1 Å². The lowest BCUT2D eigenvalue weighted by molar-refractivity contribution is 0.552. The van der Waals surface area contributed by atoms with Gasteiger partial charge in [-0.05, 0) is 51.3 Å². The van der Waals surface area contributed by atoms with E-state index in [9.17, 15) is 8.42 Å². The Morgan fingerprint density at radius 2 is 1.91 bits per heavy atom. The predicted octanol–water partition coefficient (Wildman–Crippen LogP) is 2.71. The molecular weight excluding hydrogens is 298 g/mol. The largest absolute Gasteiger partial charge is 0.304 e. The normalized spacial score (nSPS) is 18.1. The van der Waals surface area contributed by atoms with Crippen LogP contribution in [0.25, 0.3) is 5.69 Å². The van der Waals surface area contributed by atoms with Gasteiger partial charge in [-0.3, -0.25) is 0 Å². The summed E-state index contributed by atoms with van der Waals surface area (Å²) in [5.41, 5.74) is 1.97. The summed E-state index contributed by atoms with van der Waals surface area (Å²) in [5, 5.41) is 0. The first-order chi connectivity index (χ1) is 10.3. The van der Waals surface area contributed by atoms with Crippen molar-refractivity contribution in [2.75, 3.05) is 0 Å². The van der Waals surface area contributed by atoms with Crippen molar-refractivity contribution in [3.63, 3.8) is 0 Å². The summed E-state index contributed by atoms with van der Waals surface area (Å²) in [7, 11) is -3.26. The summed E-state index contributed by atoms with van der Waals surface area (Å²) in [6.07, 6.45) is 5.16. The van der Waals surface area contributed by atoms with Gasteiger partial charge in [-0.25, -0.2) is 18.1 Å². The Hall–Kier alpha value is -1.66. The fourth-order valence-electron chi connectivity index (χ4n) is 2.46. The first-order valence-corrected chi connectivity index (χ1v) is 8.93. The fraction of sp³-hybridized carbons (Fsp3) is 0.438. The molecule has 1 aliphatic carbocycles. The second kappa shape index (κ2) is 5.21. The van der Waals surface area contributed by atoms with Crippen molar-refractivity contribution in [2.45, 2.75) is 44.4 Å². The number of hydrogen-bond donors (Lipinski definition) is 1. The number of imidazole rings is 1. The summed E-state index contributed by atoms with van der Waals surface area (Å²) in [6, 6.07) is 7.63. The molecule has 0 bridgehead atoms. The van der Waals surface area contributed by atoms with Gasteiger partial charge >= 0.3 is 0 Å². The second-order valence-electron chi connectivity index (χ2n) is 6.23. The van der Waals surface area contributed by atoms with Crippen molar-refractivity contribution < 1.29 is 8.42 Å². The molecule has 1 N–H and O–H groups in total. The molecule has 3 rings (SSSR count). The van der Waals surface area contributed by atoms with Crippen LogP contribution < -0.4 is 4.72 Å². The van der Waals surface area contributed by atoms with Gasteiger partial charge in [0.05, 0.1) is 4.75 Å². The maximum Gasteiger partial charge on any atom is 0.217 e. The van der Waals surface area contributed by atoms with Crippen molar-refractivity contribution in [2.24, 2.45) is 0 Å². The Morgan fingerprint density at radius 3 is 2.41 bits per heavy atom. The molecule has 5 nitrogen and oxygen atoms in total. The molecule has 1 saturated carbocycles. The van der Waals surface area contributed by atoms with Crippen molar-refractivity contribution in [3.8, 4) is 5.69 Å². The third kappa shape index (κ3) is 2.68. The van der Waals surface area contributed by atoms with E-state index in [0.717, 1.165) is 29.9 Å². The van der Waals surface area contributed by atoms with Crippen LogP contribution in [0.15, 0.2) is 36.7 Å². The van der Waals surface area contributed by atoms with Crippen LogP contribution >= 0.6 is 0 Å². The molecule has 22 heavy (non-hydrogen) atoms. The molecule has 6 heteroatoms. The van der Waals surface area contributed by atoms with Crippen molar-refractivity contribution in [1.29, 1.82) is 0 Å². The van der Waals surface area contributed by atoms with Gasteiger partial charge in [-0.2, -0.15) is 0 Å². The highest BCUT2D eigenvalue weighted by molar-refractivity contribution is 7.91. The molecule has 0 aliphatic heterocycles. The third-order valence-electron chi connectivity index (χ3n) is 4.43.